The number of amides is 1. The van der Waals surface area contributed by atoms with Crippen LogP contribution in [0.5, 0.6) is 0 Å². The molecule has 5 rings (SSSR count). The molecule has 0 spiro atoms. The van der Waals surface area contributed by atoms with Crippen molar-refractivity contribution in [2.45, 2.75) is 25.1 Å². The van der Waals surface area contributed by atoms with Gasteiger partial charge in [0, 0.05) is 11.8 Å². The van der Waals surface area contributed by atoms with E-state index in [1.54, 1.807) is 12.3 Å². The van der Waals surface area contributed by atoms with Crippen LogP contribution in [0.1, 0.15) is 5.56 Å². The molecule has 2 aliphatic rings. The van der Waals surface area contributed by atoms with Gasteiger partial charge in [-0.05, 0) is 41.0 Å². The maximum absolute atomic E-state index is 12.3. The number of hydrogen-bond acceptors (Lipinski definition) is 11. The molecule has 2 aromatic heterocycles. The molecule has 0 saturated carbocycles. The highest BCUT2D eigenvalue weighted by molar-refractivity contribution is 7.53. The van der Waals surface area contributed by atoms with Gasteiger partial charge >= 0.3 is 14.3 Å². The molecular formula is C19H17N7O6P+. The molecule has 0 bridgehead atoms. The van der Waals surface area contributed by atoms with Crippen LogP contribution in [0.2, 0.25) is 0 Å². The summed E-state index contributed by atoms with van der Waals surface area (Å²) in [4.78, 5) is 46.6. The van der Waals surface area contributed by atoms with Crippen molar-refractivity contribution in [3.05, 3.63) is 42.1 Å². The van der Waals surface area contributed by atoms with Gasteiger partial charge in [0.1, 0.15) is 18.8 Å². The van der Waals surface area contributed by atoms with Crippen molar-refractivity contribution in [1.29, 1.82) is 5.26 Å². The Balaban J connectivity index is 1.34. The van der Waals surface area contributed by atoms with Gasteiger partial charge in [0.05, 0.1) is 17.8 Å². The van der Waals surface area contributed by atoms with Crippen LogP contribution in [0.3, 0.4) is 0 Å². The third-order valence-corrected chi connectivity index (χ3v) is 5.88. The summed E-state index contributed by atoms with van der Waals surface area (Å²) in [7, 11) is -4.42. The number of hydrogen-bond donors (Lipinski definition) is 3. The number of rotatable bonds is 6. The van der Waals surface area contributed by atoms with Gasteiger partial charge in [-0.15, -0.1) is 19.5 Å². The third-order valence-electron chi connectivity index (χ3n) is 5.38. The maximum Gasteiger partial charge on any atom is 0.567 e. The summed E-state index contributed by atoms with van der Waals surface area (Å²) < 4.78 is 9.93. The Morgan fingerprint density at radius 3 is 2.79 bits per heavy atom. The number of ether oxygens (including phenoxy) is 1. The number of cyclic esters (lactones) is 1. The van der Waals surface area contributed by atoms with Crippen molar-refractivity contribution in [2.75, 3.05) is 11.5 Å². The number of fused-ring (bicyclic) bond motifs is 3. The summed E-state index contributed by atoms with van der Waals surface area (Å²) >= 11 is 0. The molecule has 33 heavy (non-hydrogen) atoms. The average Bonchev–Trinajstić information content (AvgIpc) is 3.47. The van der Waals surface area contributed by atoms with Crippen LogP contribution in [0.25, 0.3) is 22.6 Å². The first-order valence-electron chi connectivity index (χ1n) is 9.78. The zero-order chi connectivity index (χ0) is 23.2. The van der Waals surface area contributed by atoms with Crippen LogP contribution in [0, 0.1) is 11.3 Å². The van der Waals surface area contributed by atoms with Gasteiger partial charge in [0.2, 0.25) is 5.82 Å². The minimum atomic E-state index is -4.42. The van der Waals surface area contributed by atoms with E-state index in [1.165, 1.54) is 9.70 Å². The summed E-state index contributed by atoms with van der Waals surface area (Å²) in [6.45, 7) is -0.329. The van der Waals surface area contributed by atoms with Crippen molar-refractivity contribution < 1.29 is 28.7 Å². The number of tetrazole rings is 1. The van der Waals surface area contributed by atoms with Crippen LogP contribution in [-0.2, 0) is 22.2 Å². The number of pyridine rings is 1. The Labute approximate surface area is 187 Å². The van der Waals surface area contributed by atoms with Crippen molar-refractivity contribution >= 4 is 20.0 Å². The second-order valence-corrected chi connectivity index (χ2v) is 8.73. The molecule has 13 nitrogen and oxygen atoms in total. The summed E-state index contributed by atoms with van der Waals surface area (Å²) in [6.07, 6.45) is 0.854. The summed E-state index contributed by atoms with van der Waals surface area (Å²) in [5.74, 6) is 0.318. The summed E-state index contributed by atoms with van der Waals surface area (Å²) in [6, 6.07) is 10.8. The highest BCUT2D eigenvalue weighted by atomic mass is 31.2. The molecule has 0 aliphatic carbocycles. The predicted octanol–water partition coefficient (Wildman–Crippen LogP) is 0.847. The highest BCUT2D eigenvalue weighted by Gasteiger charge is 2.49. The van der Waals surface area contributed by atoms with Crippen molar-refractivity contribution in [2.24, 2.45) is 0 Å². The lowest BCUT2D eigenvalue weighted by Gasteiger charge is -2.15. The fourth-order valence-electron chi connectivity index (χ4n) is 3.95. The molecule has 2 atom stereocenters. The monoisotopic (exact) mass is 470 g/mol. The fourth-order valence-corrected chi connectivity index (χ4v) is 4.29. The van der Waals surface area contributed by atoms with Gasteiger partial charge in [0.25, 0.3) is 0 Å². The zero-order valence-corrected chi connectivity index (χ0v) is 17.8. The first-order chi connectivity index (χ1) is 15.8. The standard InChI is InChI=1S/C19H17N7O6P/c20-5-6-25-23-18(22-24-25)14-3-1-12(9-21-14)11-2-4-15-13(7-11)8-16-17(10-31-33(28,29)30)32-19(27)26(15)16/h1-4,7,9,16-17,28-30H,6,8,10H2/q+1/t16-,17-/m0/s1. The fraction of sp³-hybridized carbons (Fsp3) is 0.263. The molecule has 0 unspecified atom stereocenters. The van der Waals surface area contributed by atoms with E-state index < -0.39 is 20.4 Å². The van der Waals surface area contributed by atoms with Crippen molar-refractivity contribution in [1.82, 2.24) is 25.2 Å². The van der Waals surface area contributed by atoms with E-state index in [-0.39, 0.29) is 19.2 Å². The Morgan fingerprint density at radius 1 is 1.24 bits per heavy atom. The molecule has 0 radical (unpaired) electrons. The molecular weight excluding hydrogens is 453 g/mol. The predicted molar refractivity (Wildman–Crippen MR) is 112 cm³/mol. The maximum atomic E-state index is 12.3. The quantitative estimate of drug-likeness (QED) is 0.435. The zero-order valence-electron chi connectivity index (χ0n) is 16.9. The lowest BCUT2D eigenvalue weighted by atomic mass is 10.0. The van der Waals surface area contributed by atoms with E-state index in [0.29, 0.717) is 23.6 Å². The third kappa shape index (κ3) is 4.13. The normalized spacial score (nSPS) is 19.2. The van der Waals surface area contributed by atoms with E-state index in [9.17, 15) is 4.79 Å². The van der Waals surface area contributed by atoms with E-state index in [2.05, 4.69) is 24.9 Å². The van der Waals surface area contributed by atoms with Crippen LogP contribution in [0.4, 0.5) is 10.5 Å². The molecule has 2 aliphatic heterocycles. The molecule has 1 fully saturated rings. The Bertz CT molecular complexity index is 1250. The van der Waals surface area contributed by atoms with E-state index in [4.69, 9.17) is 24.7 Å². The Hall–Kier alpha value is -3.53. The number of carbonyl (C=O) groups is 1. The number of carbonyl (C=O) groups excluding carboxylic acids is 1. The van der Waals surface area contributed by atoms with Gasteiger partial charge < -0.3 is 4.74 Å². The first kappa shape index (κ1) is 21.3. The van der Waals surface area contributed by atoms with Gasteiger partial charge in [0.15, 0.2) is 6.10 Å². The number of benzene rings is 1. The molecule has 4 heterocycles. The highest BCUT2D eigenvalue weighted by Crippen LogP contribution is 2.47. The van der Waals surface area contributed by atoms with Gasteiger partial charge in [-0.1, -0.05) is 12.1 Å². The minimum absolute atomic E-state index is 0.00116. The van der Waals surface area contributed by atoms with Crippen LogP contribution in [0.15, 0.2) is 36.5 Å². The molecule has 1 saturated heterocycles. The summed E-state index contributed by atoms with van der Waals surface area (Å²) in [5.41, 5.74) is 3.88. The van der Waals surface area contributed by atoms with Gasteiger partial charge in [-0.2, -0.15) is 19.9 Å². The molecule has 168 valence electrons. The van der Waals surface area contributed by atoms with Crippen molar-refractivity contribution in [3.63, 3.8) is 0 Å². The Kier molecular flexibility index (Phi) is 5.24. The van der Waals surface area contributed by atoms with Crippen LogP contribution in [-0.4, -0.2) is 64.7 Å². The number of nitrogens with zero attached hydrogens (tertiary/aromatic N) is 7. The van der Waals surface area contributed by atoms with E-state index in [0.717, 1.165) is 16.7 Å². The van der Waals surface area contributed by atoms with Gasteiger partial charge in [-0.25, -0.2) is 4.79 Å². The second-order valence-electron chi connectivity index (χ2n) is 7.45. The Morgan fingerprint density at radius 2 is 2.06 bits per heavy atom. The molecule has 3 aromatic rings. The second kappa shape index (κ2) is 8.11. The van der Waals surface area contributed by atoms with Crippen molar-refractivity contribution in [3.8, 4) is 28.7 Å². The lowest BCUT2D eigenvalue weighted by Crippen LogP contribution is -2.35. The van der Waals surface area contributed by atoms with E-state index >= 15 is 0 Å². The smallest absolute Gasteiger partial charge is 0.441 e. The van der Waals surface area contributed by atoms with E-state index in [1.807, 2.05) is 30.3 Å². The number of anilines is 1. The topological polar surface area (TPSA) is 180 Å². The number of nitriles is 1. The molecule has 14 heteroatoms. The number of aromatic nitrogens is 5. The molecule has 1 amide bonds. The van der Waals surface area contributed by atoms with Crippen LogP contribution < -0.4 is 4.90 Å². The summed E-state index contributed by atoms with van der Waals surface area (Å²) in [5, 5.41) is 20.5. The first-order valence-corrected chi connectivity index (χ1v) is 11.3. The molecule has 1 aromatic carbocycles. The minimum Gasteiger partial charge on any atom is -0.441 e. The lowest BCUT2D eigenvalue weighted by molar-refractivity contribution is 0.0659. The van der Waals surface area contributed by atoms with Gasteiger partial charge in [-0.3, -0.25) is 9.88 Å². The van der Waals surface area contributed by atoms with Crippen LogP contribution >= 0.6 is 8.17 Å². The average molecular weight is 470 g/mol. The largest absolute Gasteiger partial charge is 0.567 e. The molecule has 3 N–H and O–H groups in total. The SMILES string of the molecule is N#CCn1nnc(-c2ccc(-c3ccc4c(c3)C[C@H]3[C@H](CO[P+](O)(O)O)OC(=O)N43)cn2)n1.